The summed E-state index contributed by atoms with van der Waals surface area (Å²) in [7, 11) is 0. The Morgan fingerprint density at radius 1 is 1.50 bits per heavy atom. The molecule has 2 aliphatic rings. The molecule has 0 spiro atoms. The normalized spacial score (nSPS) is 26.1. The first-order valence-corrected chi connectivity index (χ1v) is 6.27. The van der Waals surface area contributed by atoms with Crippen molar-refractivity contribution in [2.45, 2.75) is 38.6 Å². The van der Waals surface area contributed by atoms with Crippen LogP contribution in [0.1, 0.15) is 32.6 Å². The van der Waals surface area contributed by atoms with Gasteiger partial charge in [-0.1, -0.05) is 0 Å². The number of nitrogens with two attached hydrogens (primary N) is 1. The van der Waals surface area contributed by atoms with Gasteiger partial charge < -0.3 is 15.8 Å². The molecule has 0 bridgehead atoms. The SMILES string of the molecule is CC(NC(=O)C1(CN)CC1)C1CCOCC1. The van der Waals surface area contributed by atoms with E-state index in [9.17, 15) is 4.79 Å². The summed E-state index contributed by atoms with van der Waals surface area (Å²) in [6.07, 6.45) is 4.01. The van der Waals surface area contributed by atoms with E-state index < -0.39 is 0 Å². The van der Waals surface area contributed by atoms with E-state index in [4.69, 9.17) is 10.5 Å². The molecule has 1 unspecified atom stereocenters. The highest BCUT2D eigenvalue weighted by atomic mass is 16.5. The molecule has 1 heterocycles. The lowest BCUT2D eigenvalue weighted by Gasteiger charge is -2.29. The molecule has 1 aliphatic heterocycles. The van der Waals surface area contributed by atoms with Crippen molar-refractivity contribution < 1.29 is 9.53 Å². The van der Waals surface area contributed by atoms with Gasteiger partial charge in [0, 0.05) is 25.8 Å². The fraction of sp³-hybridized carbons (Fsp3) is 0.917. The molecule has 1 aliphatic carbocycles. The minimum Gasteiger partial charge on any atom is -0.381 e. The lowest BCUT2D eigenvalue weighted by atomic mass is 9.92. The number of rotatable bonds is 4. The van der Waals surface area contributed by atoms with Crippen LogP contribution in [0.15, 0.2) is 0 Å². The second kappa shape index (κ2) is 4.72. The van der Waals surface area contributed by atoms with Crippen LogP contribution in [0.25, 0.3) is 0 Å². The quantitative estimate of drug-likeness (QED) is 0.740. The molecule has 1 amide bonds. The Labute approximate surface area is 96.9 Å². The summed E-state index contributed by atoms with van der Waals surface area (Å²) in [5, 5.41) is 3.13. The molecule has 0 radical (unpaired) electrons. The third-order valence-corrected chi connectivity index (χ3v) is 4.06. The van der Waals surface area contributed by atoms with Crippen LogP contribution in [0.4, 0.5) is 0 Å². The van der Waals surface area contributed by atoms with Crippen molar-refractivity contribution in [3.8, 4) is 0 Å². The van der Waals surface area contributed by atoms with E-state index in [1.165, 1.54) is 0 Å². The average Bonchev–Trinajstić information content (AvgIpc) is 3.11. The summed E-state index contributed by atoms with van der Waals surface area (Å²) in [5.41, 5.74) is 5.42. The first-order valence-electron chi connectivity index (χ1n) is 6.27. The lowest BCUT2D eigenvalue weighted by molar-refractivity contribution is -0.127. The number of carbonyl (C=O) groups is 1. The second-order valence-electron chi connectivity index (χ2n) is 5.20. The zero-order valence-electron chi connectivity index (χ0n) is 10.00. The Morgan fingerprint density at radius 2 is 2.12 bits per heavy atom. The third-order valence-electron chi connectivity index (χ3n) is 4.06. The highest BCUT2D eigenvalue weighted by Crippen LogP contribution is 2.44. The number of nitrogens with one attached hydrogen (secondary N) is 1. The maximum absolute atomic E-state index is 12.0. The van der Waals surface area contributed by atoms with Gasteiger partial charge in [-0.15, -0.1) is 0 Å². The molecule has 0 aromatic carbocycles. The zero-order valence-corrected chi connectivity index (χ0v) is 10.00. The van der Waals surface area contributed by atoms with Crippen LogP contribution in [0.3, 0.4) is 0 Å². The standard InChI is InChI=1S/C12H22N2O2/c1-9(10-2-6-16-7-3-10)14-11(15)12(8-13)4-5-12/h9-10H,2-8,13H2,1H3,(H,14,15). The van der Waals surface area contributed by atoms with Crippen LogP contribution in [0.2, 0.25) is 0 Å². The minimum absolute atomic E-state index is 0.161. The van der Waals surface area contributed by atoms with Crippen LogP contribution >= 0.6 is 0 Å². The van der Waals surface area contributed by atoms with E-state index in [1.807, 2.05) is 0 Å². The Bertz CT molecular complexity index is 258. The zero-order chi connectivity index (χ0) is 11.6. The molecular weight excluding hydrogens is 204 g/mol. The topological polar surface area (TPSA) is 64.4 Å². The summed E-state index contributed by atoms with van der Waals surface area (Å²) >= 11 is 0. The number of hydrogen-bond donors (Lipinski definition) is 2. The molecule has 1 atom stereocenters. The fourth-order valence-electron chi connectivity index (χ4n) is 2.37. The minimum atomic E-state index is -0.223. The van der Waals surface area contributed by atoms with Crippen molar-refractivity contribution in [3.63, 3.8) is 0 Å². The van der Waals surface area contributed by atoms with E-state index in [2.05, 4.69) is 12.2 Å². The van der Waals surface area contributed by atoms with Gasteiger partial charge in [0.25, 0.3) is 0 Å². The van der Waals surface area contributed by atoms with Crippen LogP contribution in [-0.2, 0) is 9.53 Å². The fourth-order valence-corrected chi connectivity index (χ4v) is 2.37. The summed E-state index contributed by atoms with van der Waals surface area (Å²) in [6.45, 7) is 4.24. The van der Waals surface area contributed by atoms with Gasteiger partial charge in [-0.05, 0) is 38.5 Å². The average molecular weight is 226 g/mol. The highest BCUT2D eigenvalue weighted by Gasteiger charge is 2.48. The molecule has 0 aromatic rings. The first kappa shape index (κ1) is 11.9. The van der Waals surface area contributed by atoms with E-state index in [1.54, 1.807) is 0 Å². The summed E-state index contributed by atoms with van der Waals surface area (Å²) in [4.78, 5) is 12.0. The smallest absolute Gasteiger partial charge is 0.227 e. The molecule has 0 aromatic heterocycles. The number of ether oxygens (including phenoxy) is 1. The molecule has 1 saturated carbocycles. The van der Waals surface area contributed by atoms with Gasteiger partial charge >= 0.3 is 0 Å². The van der Waals surface area contributed by atoms with Gasteiger partial charge in [0.15, 0.2) is 0 Å². The summed E-state index contributed by atoms with van der Waals surface area (Å²) in [5.74, 6) is 0.722. The Balaban J connectivity index is 1.82. The molecule has 4 heteroatoms. The number of amides is 1. The van der Waals surface area contributed by atoms with E-state index >= 15 is 0 Å². The molecule has 92 valence electrons. The van der Waals surface area contributed by atoms with Gasteiger partial charge in [-0.3, -0.25) is 4.79 Å². The van der Waals surface area contributed by atoms with Crippen LogP contribution in [0.5, 0.6) is 0 Å². The Morgan fingerprint density at radius 3 is 2.62 bits per heavy atom. The van der Waals surface area contributed by atoms with Crippen molar-refractivity contribution in [2.75, 3.05) is 19.8 Å². The van der Waals surface area contributed by atoms with Crippen molar-refractivity contribution in [3.05, 3.63) is 0 Å². The Kier molecular flexibility index (Phi) is 3.50. The number of carbonyl (C=O) groups excluding carboxylic acids is 1. The maximum atomic E-state index is 12.0. The van der Waals surface area contributed by atoms with Crippen molar-refractivity contribution in [1.29, 1.82) is 0 Å². The predicted octanol–water partition coefficient (Wildman–Crippen LogP) is 0.657. The highest BCUT2D eigenvalue weighted by molar-refractivity contribution is 5.85. The van der Waals surface area contributed by atoms with Crippen LogP contribution in [0, 0.1) is 11.3 Å². The van der Waals surface area contributed by atoms with Gasteiger partial charge in [0.1, 0.15) is 0 Å². The molecule has 4 nitrogen and oxygen atoms in total. The third kappa shape index (κ3) is 2.38. The van der Waals surface area contributed by atoms with Crippen molar-refractivity contribution >= 4 is 5.91 Å². The van der Waals surface area contributed by atoms with E-state index in [-0.39, 0.29) is 17.4 Å². The van der Waals surface area contributed by atoms with Crippen LogP contribution in [-0.4, -0.2) is 31.7 Å². The molecule has 16 heavy (non-hydrogen) atoms. The number of hydrogen-bond acceptors (Lipinski definition) is 3. The van der Waals surface area contributed by atoms with Gasteiger partial charge in [-0.2, -0.15) is 0 Å². The Hall–Kier alpha value is -0.610. The van der Waals surface area contributed by atoms with Crippen LogP contribution < -0.4 is 11.1 Å². The maximum Gasteiger partial charge on any atom is 0.227 e. The van der Waals surface area contributed by atoms with Gasteiger partial charge in [-0.25, -0.2) is 0 Å². The molecule has 2 fully saturated rings. The molecular formula is C12H22N2O2. The monoisotopic (exact) mass is 226 g/mol. The summed E-state index contributed by atoms with van der Waals surface area (Å²) in [6, 6.07) is 0.250. The largest absolute Gasteiger partial charge is 0.381 e. The predicted molar refractivity (Wildman–Crippen MR) is 61.9 cm³/mol. The van der Waals surface area contributed by atoms with E-state index in [0.717, 1.165) is 38.9 Å². The first-order chi connectivity index (χ1) is 7.68. The van der Waals surface area contributed by atoms with Crippen molar-refractivity contribution in [1.82, 2.24) is 5.32 Å². The van der Waals surface area contributed by atoms with Crippen molar-refractivity contribution in [2.24, 2.45) is 17.1 Å². The summed E-state index contributed by atoms with van der Waals surface area (Å²) < 4.78 is 5.32. The molecule has 2 rings (SSSR count). The molecule has 3 N–H and O–H groups in total. The van der Waals surface area contributed by atoms with Gasteiger partial charge in [0.05, 0.1) is 5.41 Å². The lowest BCUT2D eigenvalue weighted by Crippen LogP contribution is -2.45. The molecule has 1 saturated heterocycles. The second-order valence-corrected chi connectivity index (χ2v) is 5.20. The van der Waals surface area contributed by atoms with Gasteiger partial charge in [0.2, 0.25) is 5.91 Å². The van der Waals surface area contributed by atoms with E-state index in [0.29, 0.717) is 12.5 Å².